The van der Waals surface area contributed by atoms with Gasteiger partial charge in [-0.1, -0.05) is 67.2 Å². The predicted octanol–water partition coefficient (Wildman–Crippen LogP) is 5.99. The predicted molar refractivity (Wildman–Crippen MR) is 120 cm³/mol. The highest BCUT2D eigenvalue weighted by Gasteiger charge is 2.31. The summed E-state index contributed by atoms with van der Waals surface area (Å²) in [6, 6.07) is 5.57. The van der Waals surface area contributed by atoms with Gasteiger partial charge in [0.05, 0.1) is 5.25 Å². The number of hydrogen-bond donors (Lipinski definition) is 1. The minimum atomic E-state index is -3.66. The first-order valence-electron chi connectivity index (χ1n) is 10.5. The molecule has 1 aliphatic carbocycles. The van der Waals surface area contributed by atoms with Crippen LogP contribution in [0.15, 0.2) is 17.0 Å². The van der Waals surface area contributed by atoms with Crippen molar-refractivity contribution >= 4 is 15.9 Å². The lowest BCUT2D eigenvalue weighted by Gasteiger charge is -2.28. The summed E-state index contributed by atoms with van der Waals surface area (Å²) < 4.78 is 26.3. The number of phenols is 1. The molecule has 1 saturated carbocycles. The second-order valence-electron chi connectivity index (χ2n) is 10.2. The molecule has 0 bridgehead atoms. The van der Waals surface area contributed by atoms with Crippen LogP contribution >= 0.6 is 0 Å². The Balaban J connectivity index is 2.62. The van der Waals surface area contributed by atoms with Crippen LogP contribution in [0.2, 0.25) is 0 Å². The Morgan fingerprint density at radius 2 is 1.45 bits per heavy atom. The molecular formula is C24H35NO3S. The summed E-state index contributed by atoms with van der Waals surface area (Å²) in [5.41, 5.74) is 1.51. The summed E-state index contributed by atoms with van der Waals surface area (Å²) in [7, 11) is -3.66. The van der Waals surface area contributed by atoms with E-state index in [1.165, 1.54) is 6.08 Å². The average Bonchev–Trinajstić information content (AvgIpc) is 2.88. The minimum absolute atomic E-state index is 0.171. The van der Waals surface area contributed by atoms with Crippen LogP contribution in [-0.2, 0) is 20.7 Å². The number of rotatable bonds is 3. The first kappa shape index (κ1) is 23.5. The van der Waals surface area contributed by atoms with Gasteiger partial charge < -0.3 is 5.11 Å². The van der Waals surface area contributed by atoms with Crippen molar-refractivity contribution in [1.82, 2.24) is 0 Å². The van der Waals surface area contributed by atoms with E-state index in [2.05, 4.69) is 0 Å². The Kier molecular flexibility index (Phi) is 6.89. The quantitative estimate of drug-likeness (QED) is 0.484. The highest BCUT2D eigenvalue weighted by atomic mass is 32.2. The van der Waals surface area contributed by atoms with Gasteiger partial charge in [-0.3, -0.25) is 0 Å². The van der Waals surface area contributed by atoms with Crippen molar-refractivity contribution in [1.29, 1.82) is 5.26 Å². The number of aromatic hydroxyl groups is 1. The van der Waals surface area contributed by atoms with Gasteiger partial charge in [-0.25, -0.2) is 8.42 Å². The normalized spacial score (nSPS) is 17.6. The second-order valence-corrected chi connectivity index (χ2v) is 12.4. The summed E-state index contributed by atoms with van der Waals surface area (Å²) in [6.45, 7) is 12.1. The zero-order chi connectivity index (χ0) is 22.0. The van der Waals surface area contributed by atoms with Gasteiger partial charge >= 0.3 is 0 Å². The van der Waals surface area contributed by atoms with Gasteiger partial charge in [0.25, 0.3) is 0 Å². The Bertz CT molecular complexity index is 879. The average molecular weight is 418 g/mol. The zero-order valence-electron chi connectivity index (χ0n) is 18.7. The molecule has 1 fully saturated rings. The third-order valence-electron chi connectivity index (χ3n) is 5.70. The van der Waals surface area contributed by atoms with Gasteiger partial charge in [0.2, 0.25) is 0 Å². The van der Waals surface area contributed by atoms with Crippen LogP contribution in [0.5, 0.6) is 5.75 Å². The van der Waals surface area contributed by atoms with Gasteiger partial charge in [-0.05, 0) is 47.4 Å². The van der Waals surface area contributed by atoms with E-state index in [0.29, 0.717) is 18.4 Å². The maximum Gasteiger partial charge on any atom is 0.191 e. The lowest BCUT2D eigenvalue weighted by molar-refractivity contribution is 0.423. The van der Waals surface area contributed by atoms with Crippen molar-refractivity contribution in [3.05, 3.63) is 33.7 Å². The molecule has 160 valence electrons. The lowest BCUT2D eigenvalue weighted by atomic mass is 9.78. The van der Waals surface area contributed by atoms with Crippen LogP contribution in [0.1, 0.15) is 96.8 Å². The van der Waals surface area contributed by atoms with Gasteiger partial charge in [0.15, 0.2) is 9.84 Å². The maximum atomic E-state index is 13.2. The lowest BCUT2D eigenvalue weighted by Crippen LogP contribution is -2.22. The molecule has 0 radical (unpaired) electrons. The summed E-state index contributed by atoms with van der Waals surface area (Å²) in [4.78, 5) is -0.171. The van der Waals surface area contributed by atoms with Gasteiger partial charge in [-0.2, -0.15) is 5.26 Å². The number of allylic oxidation sites excluding steroid dienone is 1. The summed E-state index contributed by atoms with van der Waals surface area (Å²) in [5.74, 6) is 0.243. The highest BCUT2D eigenvalue weighted by Crippen LogP contribution is 2.40. The SMILES string of the molecule is CC(C)(C)c1cc(/C=C(/C#N)S(=O)(=O)C2CCCCCC2)cc(C(C)(C)C)c1O. The van der Waals surface area contributed by atoms with E-state index in [0.717, 1.165) is 36.8 Å². The van der Waals surface area contributed by atoms with Crippen LogP contribution < -0.4 is 0 Å². The molecule has 1 N–H and O–H groups in total. The molecule has 0 unspecified atom stereocenters. The van der Waals surface area contributed by atoms with Crippen molar-refractivity contribution in [3.63, 3.8) is 0 Å². The number of hydrogen-bond acceptors (Lipinski definition) is 4. The van der Waals surface area contributed by atoms with E-state index < -0.39 is 15.1 Å². The number of benzene rings is 1. The molecule has 0 aromatic heterocycles. The van der Waals surface area contributed by atoms with E-state index >= 15 is 0 Å². The number of nitriles is 1. The smallest absolute Gasteiger partial charge is 0.191 e. The third kappa shape index (κ3) is 5.42. The molecule has 1 aromatic carbocycles. The van der Waals surface area contributed by atoms with Crippen LogP contribution in [0.4, 0.5) is 0 Å². The van der Waals surface area contributed by atoms with Crippen molar-refractivity contribution < 1.29 is 13.5 Å². The number of nitrogens with zero attached hydrogens (tertiary/aromatic N) is 1. The topological polar surface area (TPSA) is 78.2 Å². The fraction of sp³-hybridized carbons (Fsp3) is 0.625. The van der Waals surface area contributed by atoms with Crippen LogP contribution in [0, 0.1) is 11.3 Å². The van der Waals surface area contributed by atoms with E-state index in [1.807, 2.05) is 59.7 Å². The molecule has 2 rings (SSSR count). The Morgan fingerprint density at radius 1 is 1.00 bits per heavy atom. The molecule has 1 aliphatic rings. The van der Waals surface area contributed by atoms with E-state index in [4.69, 9.17) is 0 Å². The molecule has 0 spiro atoms. The molecule has 0 saturated heterocycles. The van der Waals surface area contributed by atoms with E-state index in [9.17, 15) is 18.8 Å². The first-order valence-corrected chi connectivity index (χ1v) is 12.1. The molecule has 0 aliphatic heterocycles. The molecule has 0 amide bonds. The molecule has 0 atom stereocenters. The van der Waals surface area contributed by atoms with Crippen molar-refractivity contribution in [3.8, 4) is 11.8 Å². The molecule has 5 heteroatoms. The second kappa shape index (κ2) is 8.52. The largest absolute Gasteiger partial charge is 0.507 e. The molecule has 1 aromatic rings. The number of sulfone groups is 1. The van der Waals surface area contributed by atoms with Crippen LogP contribution in [-0.4, -0.2) is 18.8 Å². The van der Waals surface area contributed by atoms with Crippen molar-refractivity contribution in [2.75, 3.05) is 0 Å². The standard InChI is InChI=1S/C24H35NO3S/c1-23(2,3)20-14-17(15-21(22(20)26)24(4,5)6)13-19(16-25)29(27,28)18-11-9-7-8-10-12-18/h13-15,18,26H,7-12H2,1-6H3/b19-13-. The van der Waals surface area contributed by atoms with E-state index in [-0.39, 0.29) is 21.5 Å². The third-order valence-corrected chi connectivity index (χ3v) is 7.88. The Morgan fingerprint density at radius 3 is 1.83 bits per heavy atom. The molecule has 4 nitrogen and oxygen atoms in total. The summed E-state index contributed by atoms with van der Waals surface area (Å²) >= 11 is 0. The Labute approximate surface area is 176 Å². The fourth-order valence-corrected chi connectivity index (χ4v) is 5.69. The van der Waals surface area contributed by atoms with Crippen LogP contribution in [0.3, 0.4) is 0 Å². The molecule has 29 heavy (non-hydrogen) atoms. The first-order chi connectivity index (χ1) is 13.3. The Hall–Kier alpha value is -1.80. The fourth-order valence-electron chi connectivity index (χ4n) is 3.94. The van der Waals surface area contributed by atoms with Crippen LogP contribution in [0.25, 0.3) is 6.08 Å². The number of phenolic OH excluding ortho intramolecular Hbond substituents is 1. The molecule has 0 heterocycles. The minimum Gasteiger partial charge on any atom is -0.507 e. The highest BCUT2D eigenvalue weighted by molar-refractivity contribution is 7.96. The maximum absolute atomic E-state index is 13.2. The summed E-state index contributed by atoms with van der Waals surface area (Å²) in [5, 5.41) is 20.1. The van der Waals surface area contributed by atoms with Gasteiger partial charge in [0.1, 0.15) is 16.7 Å². The monoisotopic (exact) mass is 417 g/mol. The van der Waals surface area contributed by atoms with E-state index in [1.54, 1.807) is 0 Å². The van der Waals surface area contributed by atoms with Gasteiger partial charge in [0, 0.05) is 11.1 Å². The van der Waals surface area contributed by atoms with Crippen molar-refractivity contribution in [2.45, 2.75) is 96.1 Å². The zero-order valence-corrected chi connectivity index (χ0v) is 19.5. The summed E-state index contributed by atoms with van der Waals surface area (Å²) in [6.07, 6.45) is 6.63. The van der Waals surface area contributed by atoms with Crippen molar-refractivity contribution in [2.24, 2.45) is 0 Å². The van der Waals surface area contributed by atoms with Gasteiger partial charge in [-0.15, -0.1) is 0 Å². The molecular weight excluding hydrogens is 382 g/mol.